The van der Waals surface area contributed by atoms with E-state index >= 15 is 0 Å². The van der Waals surface area contributed by atoms with Gasteiger partial charge in [0, 0.05) is 6.54 Å². The third-order valence-electron chi connectivity index (χ3n) is 6.76. The number of carbonyl (C=O) groups excluding carboxylic acids is 1. The van der Waals surface area contributed by atoms with Gasteiger partial charge in [-0.1, -0.05) is 0 Å². The van der Waals surface area contributed by atoms with Crippen LogP contribution in [0.1, 0.15) is 44.9 Å². The Balaban J connectivity index is 1.17. The van der Waals surface area contributed by atoms with Gasteiger partial charge < -0.3 is 9.88 Å². The Morgan fingerprint density at radius 1 is 1.16 bits per heavy atom. The quantitative estimate of drug-likeness (QED) is 0.908. The van der Waals surface area contributed by atoms with Crippen LogP contribution in [0.3, 0.4) is 0 Å². The van der Waals surface area contributed by atoms with Crippen LogP contribution in [0, 0.1) is 23.2 Å². The molecule has 1 amide bonds. The summed E-state index contributed by atoms with van der Waals surface area (Å²) in [7, 11) is 0. The minimum absolute atomic E-state index is 0.0490. The monoisotopic (exact) mass is 339 g/mol. The molecule has 4 aliphatic carbocycles. The maximum Gasteiger partial charge on any atom is 0.239 e. The standard InChI is InChI=1S/C19H25N5O/c25-17(10-24-12-23-18-16(24)9-20-11-22-18)21-2-1-19-6-13-3-14(7-19)5-15(4-13)8-19/h9,11-15H,1-8,10H2,(H,21,25). The van der Waals surface area contributed by atoms with E-state index in [9.17, 15) is 4.79 Å². The molecule has 0 atom stereocenters. The predicted molar refractivity (Wildman–Crippen MR) is 93.6 cm³/mol. The lowest BCUT2D eigenvalue weighted by Gasteiger charge is -2.57. The van der Waals surface area contributed by atoms with Crippen LogP contribution in [0.15, 0.2) is 18.9 Å². The second-order valence-corrected chi connectivity index (χ2v) is 8.62. The average Bonchev–Trinajstić information content (AvgIpc) is 2.96. The van der Waals surface area contributed by atoms with Gasteiger partial charge in [-0.2, -0.15) is 0 Å². The molecule has 4 bridgehead atoms. The summed E-state index contributed by atoms with van der Waals surface area (Å²) in [5, 5.41) is 3.13. The molecule has 0 unspecified atom stereocenters. The number of amides is 1. The highest BCUT2D eigenvalue weighted by molar-refractivity contribution is 5.78. The van der Waals surface area contributed by atoms with Gasteiger partial charge in [0.1, 0.15) is 18.4 Å². The zero-order valence-corrected chi connectivity index (χ0v) is 14.5. The van der Waals surface area contributed by atoms with Crippen LogP contribution in [-0.4, -0.2) is 32.0 Å². The topological polar surface area (TPSA) is 72.7 Å². The van der Waals surface area contributed by atoms with Crippen molar-refractivity contribution in [3.05, 3.63) is 18.9 Å². The fourth-order valence-corrected chi connectivity index (χ4v) is 6.20. The lowest BCUT2D eigenvalue weighted by atomic mass is 9.49. The number of nitrogens with one attached hydrogen (secondary N) is 1. The van der Waals surface area contributed by atoms with Gasteiger partial charge in [-0.05, 0) is 68.1 Å². The molecule has 0 radical (unpaired) electrons. The fourth-order valence-electron chi connectivity index (χ4n) is 6.20. The molecule has 2 aromatic heterocycles. The van der Waals surface area contributed by atoms with Gasteiger partial charge in [0.15, 0.2) is 5.65 Å². The molecule has 0 spiro atoms. The lowest BCUT2D eigenvalue weighted by Crippen LogP contribution is -2.47. The van der Waals surface area contributed by atoms with Gasteiger partial charge >= 0.3 is 0 Å². The zero-order valence-electron chi connectivity index (χ0n) is 14.5. The molecule has 6 nitrogen and oxygen atoms in total. The number of nitrogens with zero attached hydrogens (tertiary/aromatic N) is 4. The van der Waals surface area contributed by atoms with Crippen molar-refractivity contribution in [2.45, 2.75) is 51.5 Å². The number of hydrogen-bond donors (Lipinski definition) is 1. The maximum absolute atomic E-state index is 12.3. The van der Waals surface area contributed by atoms with E-state index in [2.05, 4.69) is 20.3 Å². The van der Waals surface area contributed by atoms with E-state index < -0.39 is 0 Å². The molecule has 2 heterocycles. The first-order chi connectivity index (χ1) is 12.2. The summed E-state index contributed by atoms with van der Waals surface area (Å²) < 4.78 is 1.81. The molecule has 4 saturated carbocycles. The van der Waals surface area contributed by atoms with Gasteiger partial charge in [-0.3, -0.25) is 4.79 Å². The van der Waals surface area contributed by atoms with Gasteiger partial charge in [0.2, 0.25) is 5.91 Å². The van der Waals surface area contributed by atoms with Crippen molar-refractivity contribution in [1.29, 1.82) is 0 Å². The maximum atomic E-state index is 12.3. The van der Waals surface area contributed by atoms with Crippen LogP contribution in [0.4, 0.5) is 0 Å². The molecule has 132 valence electrons. The highest BCUT2D eigenvalue weighted by Gasteiger charge is 2.50. The molecular formula is C19H25N5O. The first-order valence-corrected chi connectivity index (χ1v) is 9.57. The fraction of sp³-hybridized carbons (Fsp3) is 0.684. The predicted octanol–water partition coefficient (Wildman–Crippen LogP) is 2.55. The molecule has 4 fully saturated rings. The van der Waals surface area contributed by atoms with Crippen LogP contribution in [0.5, 0.6) is 0 Å². The van der Waals surface area contributed by atoms with Crippen LogP contribution in [-0.2, 0) is 11.3 Å². The minimum atomic E-state index is 0.0490. The van der Waals surface area contributed by atoms with E-state index in [1.807, 2.05) is 4.57 Å². The Labute approximate surface area is 147 Å². The smallest absolute Gasteiger partial charge is 0.239 e. The SMILES string of the molecule is O=C(Cn1cnc2ncncc21)NCCC12CC3CC(CC(C3)C1)C2. The number of hydrogen-bond acceptors (Lipinski definition) is 4. The van der Waals surface area contributed by atoms with Crippen LogP contribution in [0.2, 0.25) is 0 Å². The van der Waals surface area contributed by atoms with Crippen molar-refractivity contribution in [3.8, 4) is 0 Å². The second kappa shape index (κ2) is 5.78. The Hall–Kier alpha value is -1.98. The molecule has 0 aromatic carbocycles. The van der Waals surface area contributed by atoms with Gasteiger partial charge in [-0.25, -0.2) is 15.0 Å². The lowest BCUT2D eigenvalue weighted by molar-refractivity contribution is -0.122. The molecule has 6 rings (SSSR count). The van der Waals surface area contributed by atoms with Crippen molar-refractivity contribution < 1.29 is 4.79 Å². The molecule has 1 N–H and O–H groups in total. The van der Waals surface area contributed by atoms with Crippen molar-refractivity contribution in [3.63, 3.8) is 0 Å². The van der Waals surface area contributed by atoms with E-state index in [1.54, 1.807) is 12.5 Å². The minimum Gasteiger partial charge on any atom is -0.355 e. The third-order valence-corrected chi connectivity index (χ3v) is 6.76. The van der Waals surface area contributed by atoms with E-state index in [1.165, 1.54) is 44.9 Å². The van der Waals surface area contributed by atoms with Crippen LogP contribution >= 0.6 is 0 Å². The number of carbonyl (C=O) groups is 1. The van der Waals surface area contributed by atoms with Crippen molar-refractivity contribution in [2.24, 2.45) is 23.2 Å². The van der Waals surface area contributed by atoms with Gasteiger partial charge in [-0.15, -0.1) is 0 Å². The molecule has 6 heteroatoms. The largest absolute Gasteiger partial charge is 0.355 e. The highest BCUT2D eigenvalue weighted by Crippen LogP contribution is 2.61. The van der Waals surface area contributed by atoms with Crippen molar-refractivity contribution in [2.75, 3.05) is 6.54 Å². The summed E-state index contributed by atoms with van der Waals surface area (Å²) in [5.74, 6) is 2.96. The van der Waals surface area contributed by atoms with E-state index in [0.717, 1.165) is 36.2 Å². The Kier molecular flexibility index (Phi) is 3.54. The van der Waals surface area contributed by atoms with Crippen molar-refractivity contribution in [1.82, 2.24) is 24.8 Å². The molecule has 4 aliphatic rings. The Bertz CT molecular complexity index is 763. The number of imidazole rings is 1. The summed E-state index contributed by atoms with van der Waals surface area (Å²) in [5.41, 5.74) is 1.97. The average molecular weight is 339 g/mol. The number of rotatable bonds is 5. The first-order valence-electron chi connectivity index (χ1n) is 9.57. The summed E-state index contributed by atoms with van der Waals surface area (Å²) >= 11 is 0. The number of fused-ring (bicyclic) bond motifs is 1. The van der Waals surface area contributed by atoms with E-state index in [4.69, 9.17) is 0 Å². The Morgan fingerprint density at radius 2 is 1.88 bits per heavy atom. The van der Waals surface area contributed by atoms with E-state index in [-0.39, 0.29) is 12.5 Å². The Morgan fingerprint density at radius 3 is 2.60 bits per heavy atom. The van der Waals surface area contributed by atoms with Crippen LogP contribution < -0.4 is 5.32 Å². The molecular weight excluding hydrogens is 314 g/mol. The van der Waals surface area contributed by atoms with E-state index in [0.29, 0.717) is 11.1 Å². The molecule has 25 heavy (non-hydrogen) atoms. The van der Waals surface area contributed by atoms with Gasteiger partial charge in [0.05, 0.1) is 12.5 Å². The summed E-state index contributed by atoms with van der Waals surface area (Å²) in [6.07, 6.45) is 14.6. The summed E-state index contributed by atoms with van der Waals surface area (Å²) in [6.45, 7) is 1.08. The number of aromatic nitrogens is 4. The normalized spacial score (nSPS) is 33.0. The summed E-state index contributed by atoms with van der Waals surface area (Å²) in [6, 6.07) is 0. The third kappa shape index (κ3) is 2.81. The second-order valence-electron chi connectivity index (χ2n) is 8.62. The molecule has 2 aromatic rings. The summed E-state index contributed by atoms with van der Waals surface area (Å²) in [4.78, 5) is 24.7. The molecule has 0 saturated heterocycles. The van der Waals surface area contributed by atoms with Crippen LogP contribution in [0.25, 0.3) is 11.2 Å². The zero-order chi connectivity index (χ0) is 16.9. The van der Waals surface area contributed by atoms with Crippen molar-refractivity contribution >= 4 is 17.1 Å². The highest BCUT2D eigenvalue weighted by atomic mass is 16.1. The van der Waals surface area contributed by atoms with Gasteiger partial charge in [0.25, 0.3) is 0 Å². The first kappa shape index (κ1) is 15.3. The molecule has 0 aliphatic heterocycles.